The van der Waals surface area contributed by atoms with Gasteiger partial charge in [-0.15, -0.1) is 0 Å². The number of sulfonamides is 1. The number of rotatable bonds is 12. The molecule has 2 atom stereocenters. The normalized spacial score (nSPS) is 13.1. The summed E-state index contributed by atoms with van der Waals surface area (Å²) in [6.45, 7) is 8.19. The summed E-state index contributed by atoms with van der Waals surface area (Å²) in [5.74, 6) is -1.80. The first-order valence-electron chi connectivity index (χ1n) is 14.3. The smallest absolute Gasteiger partial charge is 0.424 e. The molecule has 0 bridgehead atoms. The van der Waals surface area contributed by atoms with Crippen molar-refractivity contribution in [1.29, 1.82) is 0 Å². The van der Waals surface area contributed by atoms with Gasteiger partial charge in [0.05, 0.1) is 17.4 Å². The summed E-state index contributed by atoms with van der Waals surface area (Å²) < 4.78 is 38.5. The molecule has 10 heteroatoms. The second-order valence-corrected chi connectivity index (χ2v) is 13.3. The largest absolute Gasteiger partial charge is 0.458 e. The Kier molecular flexibility index (Phi) is 11.9. The number of esters is 1. The number of benzene rings is 3. The maximum absolute atomic E-state index is 13.5. The quantitative estimate of drug-likeness (QED) is 0.207. The van der Waals surface area contributed by atoms with Crippen LogP contribution in [0.3, 0.4) is 0 Å². The molecule has 9 nitrogen and oxygen atoms in total. The Labute approximate surface area is 259 Å². The van der Waals surface area contributed by atoms with Crippen molar-refractivity contribution in [3.63, 3.8) is 0 Å². The number of carbonyl (C=O) groups is 3. The summed E-state index contributed by atoms with van der Waals surface area (Å²) in [5, 5.41) is 2.76. The average molecular weight is 621 g/mol. The molecule has 0 saturated heterocycles. The van der Waals surface area contributed by atoms with E-state index in [-0.39, 0.29) is 24.5 Å². The van der Waals surface area contributed by atoms with Gasteiger partial charge in [-0.25, -0.2) is 18.0 Å². The van der Waals surface area contributed by atoms with Crippen molar-refractivity contribution in [2.75, 3.05) is 6.54 Å². The second-order valence-electron chi connectivity index (χ2n) is 11.4. The Balaban J connectivity index is 1.75. The molecule has 0 aliphatic heterocycles. The number of nitrogens with one attached hydrogen (secondary N) is 1. The molecule has 234 valence electrons. The van der Waals surface area contributed by atoms with Crippen molar-refractivity contribution in [3.05, 3.63) is 114 Å². The topological polar surface area (TPSA) is 119 Å². The van der Waals surface area contributed by atoms with Gasteiger partial charge in [-0.05, 0) is 51.0 Å². The van der Waals surface area contributed by atoms with E-state index in [1.54, 1.807) is 64.1 Å². The van der Waals surface area contributed by atoms with E-state index in [4.69, 9.17) is 9.47 Å². The Morgan fingerprint density at radius 1 is 0.886 bits per heavy atom. The molecule has 2 amide bonds. The van der Waals surface area contributed by atoms with Gasteiger partial charge in [-0.1, -0.05) is 97.4 Å². The molecule has 3 rings (SSSR count). The third-order valence-corrected chi connectivity index (χ3v) is 8.16. The highest BCUT2D eigenvalue weighted by Gasteiger charge is 2.31. The van der Waals surface area contributed by atoms with E-state index in [0.29, 0.717) is 9.87 Å². The average Bonchev–Trinajstić information content (AvgIpc) is 2.98. The van der Waals surface area contributed by atoms with E-state index in [2.05, 4.69) is 5.32 Å². The molecule has 44 heavy (non-hydrogen) atoms. The van der Waals surface area contributed by atoms with Crippen molar-refractivity contribution >= 4 is 28.0 Å². The van der Waals surface area contributed by atoms with E-state index in [9.17, 15) is 22.8 Å². The lowest BCUT2D eigenvalue weighted by atomic mass is 10.0. The summed E-state index contributed by atoms with van der Waals surface area (Å²) in [5.41, 5.74) is 1.66. The summed E-state index contributed by atoms with van der Waals surface area (Å²) >= 11 is 0. The van der Waals surface area contributed by atoms with Crippen LogP contribution in [-0.4, -0.2) is 48.9 Å². The van der Waals surface area contributed by atoms with Gasteiger partial charge >= 0.3 is 12.1 Å². The van der Waals surface area contributed by atoms with Crippen LogP contribution in [0, 0.1) is 12.8 Å². The zero-order chi connectivity index (χ0) is 32.3. The summed E-state index contributed by atoms with van der Waals surface area (Å²) in [6, 6.07) is 23.3. The van der Waals surface area contributed by atoms with Crippen molar-refractivity contribution < 1.29 is 32.3 Å². The first-order chi connectivity index (χ1) is 20.8. The number of carbonyl (C=O) groups excluding carboxylic acids is 3. The SMILES string of the molecule is Cc1ccc(S(=O)(=O)N(C/C=C/[C@@H](C)C(=O)N[C@@H](Cc2ccccc2)C(=O)OC(C)(C)C)C(=O)OCc2ccccc2)cc1. The maximum atomic E-state index is 13.5. The van der Waals surface area contributed by atoms with Crippen molar-refractivity contribution in [2.45, 2.75) is 64.2 Å². The van der Waals surface area contributed by atoms with Gasteiger partial charge < -0.3 is 14.8 Å². The number of nitrogens with zero attached hydrogens (tertiary/aromatic N) is 1. The Morgan fingerprint density at radius 3 is 2.02 bits per heavy atom. The molecule has 0 aliphatic rings. The minimum Gasteiger partial charge on any atom is -0.458 e. The first-order valence-corrected chi connectivity index (χ1v) is 15.7. The van der Waals surface area contributed by atoms with Crippen molar-refractivity contribution in [3.8, 4) is 0 Å². The molecule has 0 aliphatic carbocycles. The van der Waals surface area contributed by atoms with E-state index >= 15 is 0 Å². The number of ether oxygens (including phenoxy) is 2. The molecule has 1 N–H and O–H groups in total. The highest BCUT2D eigenvalue weighted by Crippen LogP contribution is 2.19. The van der Waals surface area contributed by atoms with Crippen LogP contribution in [0.4, 0.5) is 4.79 Å². The molecular weight excluding hydrogens is 580 g/mol. The summed E-state index contributed by atoms with van der Waals surface area (Å²) in [4.78, 5) is 39.1. The van der Waals surface area contributed by atoms with Crippen LogP contribution in [0.25, 0.3) is 0 Å². The third-order valence-electron chi connectivity index (χ3n) is 6.42. The number of aryl methyl sites for hydroxylation is 1. The van der Waals surface area contributed by atoms with Crippen LogP contribution in [0.15, 0.2) is 102 Å². The standard InChI is InChI=1S/C34H40N2O7S/c1-25-18-20-29(21-19-25)44(40,41)36(33(39)42-24-28-16-10-7-11-17-28)22-12-13-26(2)31(37)35-30(32(38)43-34(3,4)5)23-27-14-8-6-9-15-27/h6-21,26,30H,22-24H2,1-5H3,(H,35,37)/b13-12+/t26-,30+/m1/s1. The van der Waals surface area contributed by atoms with Crippen LogP contribution in [0.2, 0.25) is 0 Å². The monoisotopic (exact) mass is 620 g/mol. The van der Waals surface area contributed by atoms with Crippen LogP contribution in [0.1, 0.15) is 44.4 Å². The lowest BCUT2D eigenvalue weighted by Crippen LogP contribution is -2.47. The molecule has 0 aromatic heterocycles. The van der Waals surface area contributed by atoms with E-state index < -0.39 is 45.6 Å². The molecule has 0 radical (unpaired) electrons. The molecule has 0 unspecified atom stereocenters. The highest BCUT2D eigenvalue weighted by atomic mass is 32.2. The molecule has 3 aromatic rings. The van der Waals surface area contributed by atoms with Gasteiger partial charge in [0.1, 0.15) is 18.2 Å². The fourth-order valence-corrected chi connectivity index (χ4v) is 5.33. The van der Waals surface area contributed by atoms with Gasteiger partial charge in [-0.3, -0.25) is 4.79 Å². The number of amides is 2. The Hall–Kier alpha value is -4.44. The fourth-order valence-electron chi connectivity index (χ4n) is 4.07. The first kappa shape index (κ1) is 34.1. The van der Waals surface area contributed by atoms with Crippen LogP contribution in [-0.2, 0) is 42.1 Å². The molecule has 0 heterocycles. The molecular formula is C34H40N2O7S. The predicted octanol–water partition coefficient (Wildman–Crippen LogP) is 5.58. The van der Waals surface area contributed by atoms with Crippen molar-refractivity contribution in [1.82, 2.24) is 9.62 Å². The molecule has 3 aromatic carbocycles. The predicted molar refractivity (Wildman–Crippen MR) is 168 cm³/mol. The van der Waals surface area contributed by atoms with Gasteiger partial charge in [0, 0.05) is 6.42 Å². The number of hydrogen-bond acceptors (Lipinski definition) is 7. The molecule has 0 spiro atoms. The molecule has 0 saturated carbocycles. The van der Waals surface area contributed by atoms with E-state index in [0.717, 1.165) is 11.1 Å². The molecule has 0 fully saturated rings. The third kappa shape index (κ3) is 10.4. The van der Waals surface area contributed by atoms with Gasteiger partial charge in [0.25, 0.3) is 10.0 Å². The second kappa shape index (κ2) is 15.3. The summed E-state index contributed by atoms with van der Waals surface area (Å²) in [7, 11) is -4.28. The van der Waals surface area contributed by atoms with Gasteiger partial charge in [0.2, 0.25) is 5.91 Å². The van der Waals surface area contributed by atoms with Gasteiger partial charge in [0.15, 0.2) is 0 Å². The van der Waals surface area contributed by atoms with Crippen molar-refractivity contribution in [2.24, 2.45) is 5.92 Å². The Morgan fingerprint density at radius 2 is 1.45 bits per heavy atom. The lowest BCUT2D eigenvalue weighted by molar-refractivity contribution is -0.158. The maximum Gasteiger partial charge on any atom is 0.424 e. The van der Waals surface area contributed by atoms with Crippen LogP contribution in [0.5, 0.6) is 0 Å². The van der Waals surface area contributed by atoms with Crippen LogP contribution >= 0.6 is 0 Å². The lowest BCUT2D eigenvalue weighted by Gasteiger charge is -2.25. The Bertz CT molecular complexity index is 1530. The zero-order valence-electron chi connectivity index (χ0n) is 25.7. The van der Waals surface area contributed by atoms with E-state index in [1.165, 1.54) is 24.3 Å². The fraction of sp³-hybridized carbons (Fsp3) is 0.324. The zero-order valence-corrected chi connectivity index (χ0v) is 26.5. The minimum atomic E-state index is -4.28. The summed E-state index contributed by atoms with van der Waals surface area (Å²) in [6.07, 6.45) is 2.07. The minimum absolute atomic E-state index is 0.0694. The highest BCUT2D eigenvalue weighted by molar-refractivity contribution is 7.89. The van der Waals surface area contributed by atoms with Gasteiger partial charge in [-0.2, -0.15) is 4.31 Å². The van der Waals surface area contributed by atoms with E-state index in [1.807, 2.05) is 43.3 Å². The number of hydrogen-bond donors (Lipinski definition) is 1. The van der Waals surface area contributed by atoms with Crippen LogP contribution < -0.4 is 5.32 Å².